The zero-order chi connectivity index (χ0) is 21.3. The first-order chi connectivity index (χ1) is 14.7. The van der Waals surface area contributed by atoms with Crippen LogP contribution in [-0.4, -0.2) is 45.4 Å². The molecule has 1 aromatic heterocycles. The van der Waals surface area contributed by atoms with Gasteiger partial charge in [0.15, 0.2) is 11.5 Å². The van der Waals surface area contributed by atoms with Gasteiger partial charge in [0.2, 0.25) is 11.7 Å². The van der Waals surface area contributed by atoms with Crippen molar-refractivity contribution in [3.63, 3.8) is 0 Å². The van der Waals surface area contributed by atoms with Crippen molar-refractivity contribution in [1.29, 1.82) is 0 Å². The number of carbonyl (C=O) groups is 1. The van der Waals surface area contributed by atoms with Crippen LogP contribution in [0.5, 0.6) is 23.0 Å². The summed E-state index contributed by atoms with van der Waals surface area (Å²) in [5.74, 6) is 2.00. The number of ether oxygens (including phenoxy) is 4. The maximum Gasteiger partial charge on any atom is 0.244 e. The fourth-order valence-corrected chi connectivity index (χ4v) is 2.96. The number of nitrogens with zero attached hydrogens (tertiary/aromatic N) is 1. The smallest absolute Gasteiger partial charge is 0.244 e. The summed E-state index contributed by atoms with van der Waals surface area (Å²) in [4.78, 5) is 16.5. The van der Waals surface area contributed by atoms with Gasteiger partial charge in [0.1, 0.15) is 17.9 Å². The van der Waals surface area contributed by atoms with Gasteiger partial charge >= 0.3 is 0 Å². The zero-order valence-corrected chi connectivity index (χ0v) is 17.2. The molecule has 3 rings (SSSR count). The van der Waals surface area contributed by atoms with E-state index in [9.17, 15) is 4.79 Å². The standard InChI is InChI=1S/C23H24N2O5/c1-27-19-14-16(15-20(28-2)23(19)29-3)9-10-21(26)24-12-13-30-18-8-4-6-17-7-5-11-25-22(17)18/h4-11,14-15H,12-13H2,1-3H3,(H,24,26). The SMILES string of the molecule is COc1cc(C=CC(=O)NCCOc2cccc3cccnc23)cc(OC)c1OC. The Morgan fingerprint density at radius 2 is 1.73 bits per heavy atom. The second-order valence-corrected chi connectivity index (χ2v) is 6.26. The monoisotopic (exact) mass is 408 g/mol. The topological polar surface area (TPSA) is 78.9 Å². The van der Waals surface area contributed by atoms with Gasteiger partial charge in [-0.05, 0) is 35.9 Å². The number of rotatable bonds is 9. The lowest BCUT2D eigenvalue weighted by Crippen LogP contribution is -2.26. The van der Waals surface area contributed by atoms with Crippen molar-refractivity contribution in [3.8, 4) is 23.0 Å². The Kier molecular flexibility index (Phi) is 7.10. The van der Waals surface area contributed by atoms with Crippen molar-refractivity contribution in [2.75, 3.05) is 34.5 Å². The van der Waals surface area contributed by atoms with Gasteiger partial charge in [0.05, 0.1) is 27.9 Å². The molecule has 7 heteroatoms. The van der Waals surface area contributed by atoms with Crippen LogP contribution < -0.4 is 24.3 Å². The molecular weight excluding hydrogens is 384 g/mol. The van der Waals surface area contributed by atoms with Crippen molar-refractivity contribution in [1.82, 2.24) is 10.3 Å². The van der Waals surface area contributed by atoms with E-state index in [2.05, 4.69) is 10.3 Å². The first kappa shape index (κ1) is 21.0. The van der Waals surface area contributed by atoms with Crippen LogP contribution in [0.1, 0.15) is 5.56 Å². The van der Waals surface area contributed by atoms with Crippen LogP contribution in [0.25, 0.3) is 17.0 Å². The number of hydrogen-bond acceptors (Lipinski definition) is 6. The van der Waals surface area contributed by atoms with Gasteiger partial charge in [-0.2, -0.15) is 0 Å². The van der Waals surface area contributed by atoms with Gasteiger partial charge < -0.3 is 24.3 Å². The molecule has 0 aliphatic rings. The molecule has 0 atom stereocenters. The molecule has 0 aliphatic carbocycles. The Labute approximate surface area is 175 Å². The Bertz CT molecular complexity index is 1020. The minimum absolute atomic E-state index is 0.233. The van der Waals surface area contributed by atoms with Crippen LogP contribution in [0.2, 0.25) is 0 Å². The summed E-state index contributed by atoms with van der Waals surface area (Å²) in [7, 11) is 4.63. The molecule has 3 aromatic rings. The molecule has 30 heavy (non-hydrogen) atoms. The van der Waals surface area contributed by atoms with Crippen molar-refractivity contribution in [3.05, 3.63) is 60.3 Å². The second-order valence-electron chi connectivity index (χ2n) is 6.26. The van der Waals surface area contributed by atoms with Crippen LogP contribution >= 0.6 is 0 Å². The van der Waals surface area contributed by atoms with Crippen molar-refractivity contribution < 1.29 is 23.7 Å². The quantitative estimate of drug-likeness (QED) is 0.431. The molecule has 0 saturated heterocycles. The third-order valence-corrected chi connectivity index (χ3v) is 4.37. The number of amides is 1. The number of nitrogens with one attached hydrogen (secondary N) is 1. The summed E-state index contributed by atoms with van der Waals surface area (Å²) in [5, 5.41) is 3.80. The lowest BCUT2D eigenvalue weighted by atomic mass is 10.1. The van der Waals surface area contributed by atoms with Crippen LogP contribution in [0.4, 0.5) is 0 Å². The van der Waals surface area contributed by atoms with E-state index in [1.807, 2.05) is 30.3 Å². The van der Waals surface area contributed by atoms with E-state index in [0.29, 0.717) is 36.1 Å². The second kappa shape index (κ2) is 10.2. The number of aromatic nitrogens is 1. The van der Waals surface area contributed by atoms with Gasteiger partial charge in [-0.25, -0.2) is 0 Å². The van der Waals surface area contributed by atoms with E-state index in [1.165, 1.54) is 6.08 Å². The molecule has 1 N–H and O–H groups in total. The van der Waals surface area contributed by atoms with Gasteiger partial charge in [0, 0.05) is 17.7 Å². The Morgan fingerprint density at radius 3 is 2.43 bits per heavy atom. The zero-order valence-electron chi connectivity index (χ0n) is 17.2. The van der Waals surface area contributed by atoms with Gasteiger partial charge in [-0.1, -0.05) is 18.2 Å². The number of pyridine rings is 1. The molecule has 1 heterocycles. The molecule has 7 nitrogen and oxygen atoms in total. The lowest BCUT2D eigenvalue weighted by Gasteiger charge is -2.12. The Hall–Kier alpha value is -3.74. The number of para-hydroxylation sites is 1. The first-order valence-electron chi connectivity index (χ1n) is 9.38. The fraction of sp³-hybridized carbons (Fsp3) is 0.217. The highest BCUT2D eigenvalue weighted by atomic mass is 16.5. The van der Waals surface area contributed by atoms with Crippen LogP contribution in [0.3, 0.4) is 0 Å². The minimum Gasteiger partial charge on any atom is -0.493 e. The van der Waals surface area contributed by atoms with E-state index < -0.39 is 0 Å². The lowest BCUT2D eigenvalue weighted by molar-refractivity contribution is -0.116. The van der Waals surface area contributed by atoms with Crippen LogP contribution in [-0.2, 0) is 4.79 Å². The molecule has 0 radical (unpaired) electrons. The average Bonchev–Trinajstić information content (AvgIpc) is 2.79. The summed E-state index contributed by atoms with van der Waals surface area (Å²) in [5.41, 5.74) is 1.55. The normalized spacial score (nSPS) is 10.8. The predicted molar refractivity (Wildman–Crippen MR) is 115 cm³/mol. The van der Waals surface area contributed by atoms with E-state index in [1.54, 1.807) is 45.7 Å². The highest BCUT2D eigenvalue weighted by Gasteiger charge is 2.12. The summed E-state index contributed by atoms with van der Waals surface area (Å²) < 4.78 is 21.7. The van der Waals surface area contributed by atoms with Crippen LogP contribution in [0.15, 0.2) is 54.7 Å². The van der Waals surface area contributed by atoms with E-state index in [-0.39, 0.29) is 5.91 Å². The Balaban J connectivity index is 1.55. The third-order valence-electron chi connectivity index (χ3n) is 4.37. The van der Waals surface area contributed by atoms with Crippen molar-refractivity contribution in [2.45, 2.75) is 0 Å². The highest BCUT2D eigenvalue weighted by Crippen LogP contribution is 2.38. The van der Waals surface area contributed by atoms with E-state index >= 15 is 0 Å². The van der Waals surface area contributed by atoms with Crippen molar-refractivity contribution in [2.24, 2.45) is 0 Å². The highest BCUT2D eigenvalue weighted by molar-refractivity contribution is 5.92. The molecule has 0 spiro atoms. The number of fused-ring (bicyclic) bond motifs is 1. The van der Waals surface area contributed by atoms with E-state index in [0.717, 1.165) is 16.5 Å². The van der Waals surface area contributed by atoms with Gasteiger partial charge in [0.25, 0.3) is 0 Å². The molecule has 0 saturated carbocycles. The molecule has 1 amide bonds. The molecule has 2 aromatic carbocycles. The van der Waals surface area contributed by atoms with Gasteiger partial charge in [-0.3, -0.25) is 9.78 Å². The molecule has 0 fully saturated rings. The predicted octanol–water partition coefficient (Wildman–Crippen LogP) is 3.47. The molecule has 156 valence electrons. The van der Waals surface area contributed by atoms with Crippen LogP contribution in [0, 0.1) is 0 Å². The number of methoxy groups -OCH3 is 3. The summed E-state index contributed by atoms with van der Waals surface area (Å²) >= 11 is 0. The maximum absolute atomic E-state index is 12.1. The summed E-state index contributed by atoms with van der Waals surface area (Å²) in [6.45, 7) is 0.696. The molecular formula is C23H24N2O5. The molecule has 0 aliphatic heterocycles. The van der Waals surface area contributed by atoms with Gasteiger partial charge in [-0.15, -0.1) is 0 Å². The molecule has 0 unspecified atom stereocenters. The summed E-state index contributed by atoms with van der Waals surface area (Å²) in [6, 6.07) is 13.1. The summed E-state index contributed by atoms with van der Waals surface area (Å²) in [6.07, 6.45) is 4.85. The number of benzene rings is 2. The number of carbonyl (C=O) groups excluding carboxylic acids is 1. The minimum atomic E-state index is -0.233. The number of hydrogen-bond donors (Lipinski definition) is 1. The van der Waals surface area contributed by atoms with E-state index in [4.69, 9.17) is 18.9 Å². The largest absolute Gasteiger partial charge is 0.493 e. The Morgan fingerprint density at radius 1 is 1.00 bits per heavy atom. The average molecular weight is 408 g/mol. The molecule has 0 bridgehead atoms. The maximum atomic E-state index is 12.1. The third kappa shape index (κ3) is 5.00. The first-order valence-corrected chi connectivity index (χ1v) is 9.38. The van der Waals surface area contributed by atoms with Crippen molar-refractivity contribution >= 4 is 22.9 Å². The fourth-order valence-electron chi connectivity index (χ4n) is 2.96.